The van der Waals surface area contributed by atoms with Crippen molar-refractivity contribution < 1.29 is 14.3 Å². The number of methoxy groups -OCH3 is 1. The van der Waals surface area contributed by atoms with Crippen molar-refractivity contribution in [1.82, 2.24) is 0 Å². The number of carbonyl (C=O) groups is 1. The number of allylic oxidation sites excluding steroid dienone is 1. The molecule has 2 fully saturated rings. The first-order valence-corrected chi connectivity index (χ1v) is 6.61. The Bertz CT molecular complexity index is 517. The van der Waals surface area contributed by atoms with Crippen molar-refractivity contribution in [3.8, 4) is 5.75 Å². The number of ether oxygens (including phenoxy) is 2. The Labute approximate surface area is 113 Å². The van der Waals surface area contributed by atoms with Crippen LogP contribution in [-0.2, 0) is 16.0 Å². The number of benzene rings is 1. The highest BCUT2D eigenvalue weighted by Gasteiger charge is 2.55. The minimum absolute atomic E-state index is 0.0491. The molecule has 1 aromatic rings. The number of carbonyl (C=O) groups excluding carboxylic acids is 1. The average Bonchev–Trinajstić information content (AvgIpc) is 2.87. The van der Waals surface area contributed by atoms with Crippen LogP contribution in [0.4, 0.5) is 0 Å². The molecule has 0 spiro atoms. The van der Waals surface area contributed by atoms with Gasteiger partial charge in [0.1, 0.15) is 5.75 Å². The van der Waals surface area contributed by atoms with Crippen molar-refractivity contribution in [1.29, 1.82) is 0 Å². The number of hydrogen-bond donors (Lipinski definition) is 0. The molecule has 2 unspecified atom stereocenters. The maximum absolute atomic E-state index is 12.2. The largest absolute Gasteiger partial charge is 0.497 e. The van der Waals surface area contributed by atoms with Gasteiger partial charge in [0.15, 0.2) is 0 Å². The molecule has 0 aromatic heterocycles. The van der Waals surface area contributed by atoms with Crippen LogP contribution < -0.4 is 4.74 Å². The molecule has 3 nitrogen and oxygen atoms in total. The van der Waals surface area contributed by atoms with E-state index in [0.29, 0.717) is 12.5 Å². The van der Waals surface area contributed by atoms with Crippen LogP contribution in [0.3, 0.4) is 0 Å². The van der Waals surface area contributed by atoms with E-state index in [1.807, 2.05) is 24.3 Å². The van der Waals surface area contributed by atoms with E-state index in [-0.39, 0.29) is 11.4 Å². The first-order valence-electron chi connectivity index (χ1n) is 6.61. The Morgan fingerprint density at radius 2 is 2.16 bits per heavy atom. The SMILES string of the molecule is C=C1CC2COC(=O)C2(Cc2ccc(OC)cc2)C1. The summed E-state index contributed by atoms with van der Waals surface area (Å²) in [6.07, 6.45) is 2.42. The molecule has 0 amide bonds. The molecule has 1 aromatic carbocycles. The van der Waals surface area contributed by atoms with Gasteiger partial charge in [0.05, 0.1) is 19.1 Å². The number of fused-ring (bicyclic) bond motifs is 1. The summed E-state index contributed by atoms with van der Waals surface area (Å²) in [6, 6.07) is 7.92. The number of rotatable bonds is 3. The lowest BCUT2D eigenvalue weighted by molar-refractivity contribution is -0.146. The smallest absolute Gasteiger partial charge is 0.313 e. The molecular formula is C16H18O3. The molecule has 19 heavy (non-hydrogen) atoms. The Balaban J connectivity index is 1.87. The van der Waals surface area contributed by atoms with E-state index in [1.165, 1.54) is 5.57 Å². The molecule has 1 saturated heterocycles. The summed E-state index contributed by atoms with van der Waals surface area (Å²) in [5.41, 5.74) is 1.96. The van der Waals surface area contributed by atoms with Gasteiger partial charge in [0.25, 0.3) is 0 Å². The Kier molecular flexibility index (Phi) is 2.85. The van der Waals surface area contributed by atoms with Crippen LogP contribution in [0.25, 0.3) is 0 Å². The highest BCUT2D eigenvalue weighted by atomic mass is 16.5. The van der Waals surface area contributed by atoms with E-state index in [9.17, 15) is 4.79 Å². The predicted molar refractivity (Wildman–Crippen MR) is 72.0 cm³/mol. The molecule has 1 aliphatic carbocycles. The van der Waals surface area contributed by atoms with Crippen molar-refractivity contribution >= 4 is 5.97 Å². The van der Waals surface area contributed by atoms with Crippen molar-refractivity contribution in [3.05, 3.63) is 42.0 Å². The molecule has 2 aliphatic rings. The Morgan fingerprint density at radius 3 is 2.84 bits per heavy atom. The Hall–Kier alpha value is -1.77. The van der Waals surface area contributed by atoms with Gasteiger partial charge in [-0.05, 0) is 37.0 Å². The highest BCUT2D eigenvalue weighted by molar-refractivity contribution is 5.81. The summed E-state index contributed by atoms with van der Waals surface area (Å²) in [5, 5.41) is 0. The number of esters is 1. The fourth-order valence-corrected chi connectivity index (χ4v) is 3.37. The summed E-state index contributed by atoms with van der Waals surface area (Å²) in [5.74, 6) is 1.09. The zero-order valence-corrected chi connectivity index (χ0v) is 11.1. The zero-order valence-electron chi connectivity index (χ0n) is 11.1. The summed E-state index contributed by atoms with van der Waals surface area (Å²) < 4.78 is 10.4. The van der Waals surface area contributed by atoms with Gasteiger partial charge in [-0.1, -0.05) is 24.3 Å². The maximum Gasteiger partial charge on any atom is 0.313 e. The summed E-state index contributed by atoms with van der Waals surface area (Å²) in [6.45, 7) is 4.61. The third-order valence-corrected chi connectivity index (χ3v) is 4.38. The molecule has 2 atom stereocenters. The van der Waals surface area contributed by atoms with Crippen LogP contribution in [0.15, 0.2) is 36.4 Å². The van der Waals surface area contributed by atoms with Gasteiger partial charge in [-0.15, -0.1) is 0 Å². The second-order valence-electron chi connectivity index (χ2n) is 5.61. The summed E-state index contributed by atoms with van der Waals surface area (Å²) in [7, 11) is 1.65. The fourth-order valence-electron chi connectivity index (χ4n) is 3.37. The van der Waals surface area contributed by atoms with E-state index in [1.54, 1.807) is 7.11 Å². The third kappa shape index (κ3) is 1.93. The normalized spacial score (nSPS) is 29.2. The quantitative estimate of drug-likeness (QED) is 0.617. The first-order chi connectivity index (χ1) is 9.14. The summed E-state index contributed by atoms with van der Waals surface area (Å²) in [4.78, 5) is 12.2. The van der Waals surface area contributed by atoms with Crippen LogP contribution in [0.2, 0.25) is 0 Å². The monoisotopic (exact) mass is 258 g/mol. The van der Waals surface area contributed by atoms with Crippen LogP contribution in [0.5, 0.6) is 5.75 Å². The molecule has 3 heteroatoms. The van der Waals surface area contributed by atoms with Gasteiger partial charge in [-0.2, -0.15) is 0 Å². The van der Waals surface area contributed by atoms with Crippen LogP contribution in [-0.4, -0.2) is 19.7 Å². The number of cyclic esters (lactones) is 1. The molecular weight excluding hydrogens is 240 g/mol. The molecule has 1 heterocycles. The Morgan fingerprint density at radius 1 is 1.42 bits per heavy atom. The maximum atomic E-state index is 12.2. The van der Waals surface area contributed by atoms with Gasteiger partial charge in [-0.25, -0.2) is 0 Å². The minimum atomic E-state index is -0.369. The molecule has 0 N–H and O–H groups in total. The fraction of sp³-hybridized carbons (Fsp3) is 0.438. The third-order valence-electron chi connectivity index (χ3n) is 4.38. The lowest BCUT2D eigenvalue weighted by atomic mass is 9.75. The molecule has 1 aliphatic heterocycles. The topological polar surface area (TPSA) is 35.5 Å². The van der Waals surface area contributed by atoms with Crippen LogP contribution in [0, 0.1) is 11.3 Å². The van der Waals surface area contributed by atoms with E-state index in [2.05, 4.69) is 6.58 Å². The molecule has 100 valence electrons. The minimum Gasteiger partial charge on any atom is -0.497 e. The van der Waals surface area contributed by atoms with Crippen LogP contribution >= 0.6 is 0 Å². The molecule has 0 bridgehead atoms. The van der Waals surface area contributed by atoms with E-state index in [0.717, 1.165) is 30.6 Å². The van der Waals surface area contributed by atoms with Gasteiger partial charge >= 0.3 is 5.97 Å². The number of hydrogen-bond acceptors (Lipinski definition) is 3. The van der Waals surface area contributed by atoms with Gasteiger partial charge in [-0.3, -0.25) is 4.79 Å². The van der Waals surface area contributed by atoms with Crippen molar-refractivity contribution in [2.45, 2.75) is 19.3 Å². The van der Waals surface area contributed by atoms with Crippen molar-refractivity contribution in [3.63, 3.8) is 0 Å². The lowest BCUT2D eigenvalue weighted by Crippen LogP contribution is -2.31. The summed E-state index contributed by atoms with van der Waals surface area (Å²) >= 11 is 0. The average molecular weight is 258 g/mol. The molecule has 3 rings (SSSR count). The van der Waals surface area contributed by atoms with Gasteiger partial charge in [0, 0.05) is 5.92 Å². The zero-order chi connectivity index (χ0) is 13.5. The van der Waals surface area contributed by atoms with E-state index in [4.69, 9.17) is 9.47 Å². The van der Waals surface area contributed by atoms with E-state index < -0.39 is 0 Å². The second kappa shape index (κ2) is 4.41. The van der Waals surface area contributed by atoms with Crippen molar-refractivity contribution in [2.24, 2.45) is 11.3 Å². The molecule has 0 radical (unpaired) electrons. The predicted octanol–water partition coefficient (Wildman–Crippen LogP) is 2.75. The van der Waals surface area contributed by atoms with Gasteiger partial charge < -0.3 is 9.47 Å². The van der Waals surface area contributed by atoms with Gasteiger partial charge in [0.2, 0.25) is 0 Å². The van der Waals surface area contributed by atoms with Crippen molar-refractivity contribution in [2.75, 3.05) is 13.7 Å². The second-order valence-corrected chi connectivity index (χ2v) is 5.61. The highest BCUT2D eigenvalue weighted by Crippen LogP contribution is 2.52. The van der Waals surface area contributed by atoms with E-state index >= 15 is 0 Å². The van der Waals surface area contributed by atoms with Crippen LogP contribution in [0.1, 0.15) is 18.4 Å². The standard InChI is InChI=1S/C16H18O3/c1-11-7-13-10-19-15(17)16(13,8-11)9-12-3-5-14(18-2)6-4-12/h3-6,13H,1,7-10H2,2H3. The first kappa shape index (κ1) is 12.3. The molecule has 1 saturated carbocycles. The lowest BCUT2D eigenvalue weighted by Gasteiger charge is -2.24.